The maximum absolute atomic E-state index is 12.4. The zero-order chi connectivity index (χ0) is 19.2. The van der Waals surface area contributed by atoms with E-state index in [1.54, 1.807) is 61.0 Å². The second kappa shape index (κ2) is 8.92. The third-order valence-electron chi connectivity index (χ3n) is 3.74. The van der Waals surface area contributed by atoms with Crippen molar-refractivity contribution in [3.8, 4) is 5.75 Å². The quantitative estimate of drug-likeness (QED) is 0.381. The minimum atomic E-state index is -0.876. The first-order valence-corrected chi connectivity index (χ1v) is 9.87. The van der Waals surface area contributed by atoms with E-state index in [-0.39, 0.29) is 5.78 Å². The van der Waals surface area contributed by atoms with Crippen LogP contribution in [0.2, 0.25) is 0 Å². The summed E-state index contributed by atoms with van der Waals surface area (Å²) >= 11 is 4.83. The second-order valence-electron chi connectivity index (χ2n) is 5.71. The summed E-state index contributed by atoms with van der Waals surface area (Å²) in [6.45, 7) is 1.93. The molecule has 0 radical (unpaired) electrons. The Morgan fingerprint density at radius 1 is 1.07 bits per heavy atom. The lowest BCUT2D eigenvalue weighted by atomic mass is 10.1. The fraction of sp³-hybridized carbons (Fsp3) is 0.150. The van der Waals surface area contributed by atoms with Crippen molar-refractivity contribution in [2.24, 2.45) is 0 Å². The summed E-state index contributed by atoms with van der Waals surface area (Å²) in [4.78, 5) is 28.8. The van der Waals surface area contributed by atoms with Crippen LogP contribution in [0.3, 0.4) is 0 Å². The topological polar surface area (TPSA) is 65.5 Å². The van der Waals surface area contributed by atoms with E-state index in [1.807, 2.05) is 5.38 Å². The zero-order valence-electron chi connectivity index (χ0n) is 14.4. The summed E-state index contributed by atoms with van der Waals surface area (Å²) in [5.41, 5.74) is 3.44. The van der Waals surface area contributed by atoms with Crippen LogP contribution in [0.4, 0.5) is 0 Å². The first-order chi connectivity index (χ1) is 13.0. The minimum Gasteiger partial charge on any atom is -0.487 e. The Kier molecular flexibility index (Phi) is 6.36. The smallest absolute Gasteiger partial charge is 0.338 e. The average Bonchev–Trinajstić information content (AvgIpc) is 3.20. The molecule has 1 atom stereocenters. The number of benzene rings is 2. The monoisotopic (exact) mass is 445 g/mol. The maximum Gasteiger partial charge on any atom is 0.338 e. The molecule has 0 unspecified atom stereocenters. The van der Waals surface area contributed by atoms with Crippen LogP contribution in [0.25, 0.3) is 0 Å². The molecule has 3 aromatic rings. The molecule has 2 aromatic carbocycles. The third kappa shape index (κ3) is 5.24. The van der Waals surface area contributed by atoms with Crippen molar-refractivity contribution in [2.45, 2.75) is 19.6 Å². The van der Waals surface area contributed by atoms with E-state index >= 15 is 0 Å². The number of hydrogen-bond donors (Lipinski definition) is 0. The summed E-state index contributed by atoms with van der Waals surface area (Å²) in [5, 5.41) is 1.91. The fourth-order valence-corrected chi connectivity index (χ4v) is 3.09. The van der Waals surface area contributed by atoms with Gasteiger partial charge in [0, 0.05) is 15.4 Å². The minimum absolute atomic E-state index is 0.251. The van der Waals surface area contributed by atoms with Gasteiger partial charge in [-0.3, -0.25) is 4.79 Å². The van der Waals surface area contributed by atoms with Crippen molar-refractivity contribution in [3.63, 3.8) is 0 Å². The number of carbonyl (C=O) groups is 2. The molecule has 3 rings (SSSR count). The van der Waals surface area contributed by atoms with Crippen LogP contribution in [0, 0.1) is 0 Å². The van der Waals surface area contributed by atoms with E-state index in [0.717, 1.165) is 10.2 Å². The van der Waals surface area contributed by atoms with Crippen molar-refractivity contribution >= 4 is 39.0 Å². The van der Waals surface area contributed by atoms with E-state index in [2.05, 4.69) is 20.9 Å². The molecule has 0 aliphatic rings. The number of ketones is 1. The highest BCUT2D eigenvalue weighted by atomic mass is 79.9. The predicted molar refractivity (Wildman–Crippen MR) is 106 cm³/mol. The van der Waals surface area contributed by atoms with E-state index in [9.17, 15) is 9.59 Å². The average molecular weight is 446 g/mol. The van der Waals surface area contributed by atoms with Gasteiger partial charge in [-0.15, -0.1) is 11.3 Å². The molecule has 1 heterocycles. The molecule has 7 heteroatoms. The van der Waals surface area contributed by atoms with E-state index < -0.39 is 12.1 Å². The molecule has 0 amide bonds. The maximum atomic E-state index is 12.4. The molecule has 0 saturated heterocycles. The Labute approximate surface area is 169 Å². The van der Waals surface area contributed by atoms with Crippen molar-refractivity contribution in [3.05, 3.63) is 80.7 Å². The molecule has 0 spiro atoms. The van der Waals surface area contributed by atoms with Crippen LogP contribution >= 0.6 is 27.3 Å². The van der Waals surface area contributed by atoms with Gasteiger partial charge in [0.15, 0.2) is 6.10 Å². The number of Topliss-reactive ketones (excluding diaryl/α,β-unsaturated/α-hetero) is 1. The van der Waals surface area contributed by atoms with Crippen LogP contribution < -0.4 is 4.74 Å². The van der Waals surface area contributed by atoms with E-state index in [0.29, 0.717) is 23.5 Å². The molecule has 0 N–H and O–H groups in total. The van der Waals surface area contributed by atoms with E-state index in [4.69, 9.17) is 9.47 Å². The number of esters is 1. The standard InChI is InChI=1S/C20H16BrNO4S/c1-13(19(23)14-2-6-16(21)7-3-14)26-20(24)15-4-8-18(9-5-15)25-10-17-11-27-12-22-17/h2-9,11-13H,10H2,1H3/t13-/m1/s1. The number of hydrogen-bond acceptors (Lipinski definition) is 6. The summed E-state index contributed by atoms with van der Waals surface area (Å²) in [6, 6.07) is 13.5. The van der Waals surface area contributed by atoms with Gasteiger partial charge in [0.1, 0.15) is 12.4 Å². The number of thiazole rings is 1. The predicted octanol–water partition coefficient (Wildman–Crippen LogP) is 4.91. The van der Waals surface area contributed by atoms with Crippen molar-refractivity contribution < 1.29 is 19.1 Å². The molecule has 0 bridgehead atoms. The van der Waals surface area contributed by atoms with Gasteiger partial charge in [0.25, 0.3) is 0 Å². The molecule has 0 saturated carbocycles. The highest BCUT2D eigenvalue weighted by molar-refractivity contribution is 9.10. The van der Waals surface area contributed by atoms with Crippen molar-refractivity contribution in [1.29, 1.82) is 0 Å². The van der Waals surface area contributed by atoms with Crippen LogP contribution in [0.15, 0.2) is 63.9 Å². The first-order valence-electron chi connectivity index (χ1n) is 8.13. The largest absolute Gasteiger partial charge is 0.487 e. The Bertz CT molecular complexity index is 908. The molecule has 0 aliphatic carbocycles. The molecule has 5 nitrogen and oxygen atoms in total. The number of halogens is 1. The zero-order valence-corrected chi connectivity index (χ0v) is 16.8. The van der Waals surface area contributed by atoms with Gasteiger partial charge < -0.3 is 9.47 Å². The van der Waals surface area contributed by atoms with Crippen molar-refractivity contribution in [2.75, 3.05) is 0 Å². The van der Waals surface area contributed by atoms with Crippen LogP contribution in [0.1, 0.15) is 33.3 Å². The van der Waals surface area contributed by atoms with Gasteiger partial charge in [-0.25, -0.2) is 9.78 Å². The molecule has 0 aliphatic heterocycles. The lowest BCUT2D eigenvalue weighted by Crippen LogP contribution is -2.24. The number of ether oxygens (including phenoxy) is 2. The first kappa shape index (κ1) is 19.3. The lowest BCUT2D eigenvalue weighted by molar-refractivity contribution is 0.0319. The Balaban J connectivity index is 1.56. The molecular weight excluding hydrogens is 430 g/mol. The van der Waals surface area contributed by atoms with Crippen molar-refractivity contribution in [1.82, 2.24) is 4.98 Å². The van der Waals surface area contributed by atoms with Crippen LogP contribution in [-0.4, -0.2) is 22.8 Å². The number of nitrogens with zero attached hydrogens (tertiary/aromatic N) is 1. The van der Waals surface area contributed by atoms with Crippen LogP contribution in [-0.2, 0) is 11.3 Å². The lowest BCUT2D eigenvalue weighted by Gasteiger charge is -2.13. The summed E-state index contributed by atoms with van der Waals surface area (Å²) in [5.74, 6) is -0.184. The second-order valence-corrected chi connectivity index (χ2v) is 7.35. The Morgan fingerprint density at radius 3 is 2.37 bits per heavy atom. The molecule has 138 valence electrons. The summed E-state index contributed by atoms with van der Waals surface area (Å²) in [6.07, 6.45) is -0.876. The van der Waals surface area contributed by atoms with Gasteiger partial charge >= 0.3 is 5.97 Å². The van der Waals surface area contributed by atoms with Gasteiger partial charge in [-0.05, 0) is 43.3 Å². The van der Waals surface area contributed by atoms with Gasteiger partial charge in [-0.1, -0.05) is 28.1 Å². The number of rotatable bonds is 7. The molecular formula is C20H16BrNO4S. The molecule has 0 fully saturated rings. The fourth-order valence-electron chi connectivity index (χ4n) is 2.28. The Morgan fingerprint density at radius 2 is 1.74 bits per heavy atom. The molecule has 27 heavy (non-hydrogen) atoms. The van der Waals surface area contributed by atoms with Gasteiger partial charge in [0.05, 0.1) is 16.8 Å². The van der Waals surface area contributed by atoms with Gasteiger partial charge in [-0.2, -0.15) is 0 Å². The summed E-state index contributed by atoms with van der Waals surface area (Å²) < 4.78 is 11.8. The Hall–Kier alpha value is -2.51. The van der Waals surface area contributed by atoms with Crippen LogP contribution in [0.5, 0.6) is 5.75 Å². The highest BCUT2D eigenvalue weighted by Gasteiger charge is 2.20. The highest BCUT2D eigenvalue weighted by Crippen LogP contribution is 2.17. The van der Waals surface area contributed by atoms with E-state index in [1.165, 1.54) is 11.3 Å². The normalized spacial score (nSPS) is 11.6. The van der Waals surface area contributed by atoms with Gasteiger partial charge in [0.2, 0.25) is 5.78 Å². The number of carbonyl (C=O) groups excluding carboxylic acids is 2. The number of aromatic nitrogens is 1. The SMILES string of the molecule is C[C@@H](OC(=O)c1ccc(OCc2cscn2)cc1)C(=O)c1ccc(Br)cc1. The summed E-state index contributed by atoms with van der Waals surface area (Å²) in [7, 11) is 0. The third-order valence-corrected chi connectivity index (χ3v) is 4.91. The molecule has 1 aromatic heterocycles.